The average Bonchev–Trinajstić information content (AvgIpc) is 3.47. The molecule has 1 fully saturated rings. The molecule has 0 radical (unpaired) electrons. The molecule has 0 amide bonds. The number of hydrogen-bond acceptors (Lipinski definition) is 3. The van der Waals surface area contributed by atoms with Crippen molar-refractivity contribution in [1.29, 1.82) is 0 Å². The lowest BCUT2D eigenvalue weighted by atomic mass is 9.87. The van der Waals surface area contributed by atoms with E-state index in [0.717, 1.165) is 32.7 Å². The Bertz CT molecular complexity index is 307. The first-order valence-electron chi connectivity index (χ1n) is 11.6. The fourth-order valence-corrected chi connectivity index (χ4v) is 3.72. The molecule has 0 aromatic heterocycles. The molecule has 156 valence electrons. The fourth-order valence-electron chi connectivity index (χ4n) is 3.72. The molecule has 0 saturated carbocycles. The van der Waals surface area contributed by atoms with Crippen LogP contribution in [0.3, 0.4) is 0 Å². The van der Waals surface area contributed by atoms with Crippen molar-refractivity contribution < 1.29 is 14.2 Å². The smallest absolute Gasteiger partial charge is 0.168 e. The van der Waals surface area contributed by atoms with Gasteiger partial charge in [0.2, 0.25) is 0 Å². The van der Waals surface area contributed by atoms with E-state index in [1.807, 2.05) is 0 Å². The van der Waals surface area contributed by atoms with Gasteiger partial charge in [0.25, 0.3) is 0 Å². The summed E-state index contributed by atoms with van der Waals surface area (Å²) in [5.74, 6) is 0.0952. The van der Waals surface area contributed by atoms with Gasteiger partial charge in [-0.3, -0.25) is 0 Å². The minimum absolute atomic E-state index is 0.411. The van der Waals surface area contributed by atoms with Gasteiger partial charge in [0, 0.05) is 19.1 Å². The predicted octanol–water partition coefficient (Wildman–Crippen LogP) is 6.88. The zero-order chi connectivity index (χ0) is 19.1. The van der Waals surface area contributed by atoms with Crippen molar-refractivity contribution in [3.05, 3.63) is 0 Å². The summed E-state index contributed by atoms with van der Waals surface area (Å²) in [4.78, 5) is 0. The van der Waals surface area contributed by atoms with Crippen molar-refractivity contribution in [2.75, 3.05) is 19.8 Å². The molecule has 0 aromatic rings. The van der Waals surface area contributed by atoms with Gasteiger partial charge < -0.3 is 14.2 Å². The van der Waals surface area contributed by atoms with Gasteiger partial charge in [0.1, 0.15) is 0 Å². The van der Waals surface area contributed by atoms with E-state index in [1.54, 1.807) is 0 Å². The molecule has 1 heterocycles. The van der Waals surface area contributed by atoms with Gasteiger partial charge in [0.05, 0.1) is 12.7 Å². The zero-order valence-corrected chi connectivity index (χ0v) is 18.2. The van der Waals surface area contributed by atoms with Crippen LogP contribution in [0.4, 0.5) is 0 Å². The third-order valence-electron chi connectivity index (χ3n) is 5.56. The lowest BCUT2D eigenvalue weighted by molar-refractivity contribution is -0.258. The highest BCUT2D eigenvalue weighted by molar-refractivity contribution is 4.77. The quantitative estimate of drug-likeness (QED) is 0.141. The predicted molar refractivity (Wildman–Crippen MR) is 111 cm³/mol. The molecule has 2 atom stereocenters. The van der Waals surface area contributed by atoms with Crippen molar-refractivity contribution >= 4 is 0 Å². The lowest BCUT2D eigenvalue weighted by Crippen LogP contribution is -2.41. The first-order chi connectivity index (χ1) is 12.7. The van der Waals surface area contributed by atoms with E-state index in [2.05, 4.69) is 27.7 Å². The molecule has 0 aromatic carbocycles. The Balaban J connectivity index is 2.48. The Morgan fingerprint density at radius 2 is 1.35 bits per heavy atom. The minimum atomic E-state index is -0.411. The number of unbranched alkanes of at least 4 members (excludes halogenated alkanes) is 6. The molecule has 0 N–H and O–H groups in total. The van der Waals surface area contributed by atoms with Crippen LogP contribution in [0, 0.1) is 5.92 Å². The Kier molecular flexibility index (Phi) is 13.7. The highest BCUT2D eigenvalue weighted by Gasteiger charge is 2.35. The number of epoxide rings is 1. The van der Waals surface area contributed by atoms with Crippen molar-refractivity contribution in [2.45, 2.75) is 123 Å². The van der Waals surface area contributed by atoms with Crippen LogP contribution in [-0.4, -0.2) is 31.7 Å². The third-order valence-corrected chi connectivity index (χ3v) is 5.56. The summed E-state index contributed by atoms with van der Waals surface area (Å²) in [5, 5.41) is 0. The van der Waals surface area contributed by atoms with E-state index in [1.165, 1.54) is 70.6 Å². The van der Waals surface area contributed by atoms with Gasteiger partial charge >= 0.3 is 0 Å². The standard InChI is InChI=1S/C23H46O3/c1-5-8-9-10-11-12-15-21(16-13-14-17-22-20-24-22)23(4,25-18-6-2)26-19-7-3/h21-22H,5-20H2,1-4H3. The van der Waals surface area contributed by atoms with Crippen LogP contribution in [-0.2, 0) is 14.2 Å². The maximum atomic E-state index is 6.28. The molecule has 0 bridgehead atoms. The molecular weight excluding hydrogens is 324 g/mol. The fraction of sp³-hybridized carbons (Fsp3) is 1.00. The largest absolute Gasteiger partial charge is 0.373 e. The van der Waals surface area contributed by atoms with Gasteiger partial charge in [-0.1, -0.05) is 72.1 Å². The molecule has 3 nitrogen and oxygen atoms in total. The molecule has 1 rings (SSSR count). The highest BCUT2D eigenvalue weighted by Crippen LogP contribution is 2.33. The van der Waals surface area contributed by atoms with Gasteiger partial charge in [-0.25, -0.2) is 0 Å². The van der Waals surface area contributed by atoms with Gasteiger partial charge in [-0.2, -0.15) is 0 Å². The van der Waals surface area contributed by atoms with E-state index >= 15 is 0 Å². The summed E-state index contributed by atoms with van der Waals surface area (Å²) in [6.07, 6.45) is 17.0. The van der Waals surface area contributed by atoms with E-state index < -0.39 is 5.79 Å². The molecule has 1 aliphatic heterocycles. The van der Waals surface area contributed by atoms with E-state index in [4.69, 9.17) is 14.2 Å². The highest BCUT2D eigenvalue weighted by atomic mass is 16.7. The number of ether oxygens (including phenoxy) is 3. The zero-order valence-electron chi connectivity index (χ0n) is 18.2. The molecular formula is C23H46O3. The van der Waals surface area contributed by atoms with Crippen LogP contribution >= 0.6 is 0 Å². The van der Waals surface area contributed by atoms with E-state index in [9.17, 15) is 0 Å². The van der Waals surface area contributed by atoms with Crippen LogP contribution in [0.15, 0.2) is 0 Å². The van der Waals surface area contributed by atoms with Crippen molar-refractivity contribution in [3.8, 4) is 0 Å². The Morgan fingerprint density at radius 1 is 0.808 bits per heavy atom. The Labute approximate surface area is 163 Å². The molecule has 1 aliphatic rings. The van der Waals surface area contributed by atoms with Gasteiger partial charge in [-0.15, -0.1) is 0 Å². The first kappa shape index (κ1) is 23.9. The van der Waals surface area contributed by atoms with Crippen LogP contribution in [0.2, 0.25) is 0 Å². The van der Waals surface area contributed by atoms with E-state index in [0.29, 0.717) is 12.0 Å². The average molecular weight is 371 g/mol. The molecule has 0 spiro atoms. The normalized spacial score (nSPS) is 18.2. The van der Waals surface area contributed by atoms with Crippen LogP contribution < -0.4 is 0 Å². The molecule has 3 heteroatoms. The van der Waals surface area contributed by atoms with Crippen molar-refractivity contribution in [1.82, 2.24) is 0 Å². The van der Waals surface area contributed by atoms with Crippen molar-refractivity contribution in [3.63, 3.8) is 0 Å². The number of hydrogen-bond donors (Lipinski definition) is 0. The van der Waals surface area contributed by atoms with Gasteiger partial charge in [-0.05, 0) is 39.0 Å². The van der Waals surface area contributed by atoms with Gasteiger partial charge in [0.15, 0.2) is 5.79 Å². The summed E-state index contributed by atoms with van der Waals surface area (Å²) >= 11 is 0. The second-order valence-electron chi connectivity index (χ2n) is 8.21. The Morgan fingerprint density at radius 3 is 1.88 bits per heavy atom. The first-order valence-corrected chi connectivity index (χ1v) is 11.6. The maximum absolute atomic E-state index is 6.28. The summed E-state index contributed by atoms with van der Waals surface area (Å²) in [5.41, 5.74) is 0. The van der Waals surface area contributed by atoms with Crippen LogP contribution in [0.1, 0.15) is 111 Å². The molecule has 2 unspecified atom stereocenters. The summed E-state index contributed by atoms with van der Waals surface area (Å²) in [7, 11) is 0. The SMILES string of the molecule is CCCCCCCCC(CCCCC1CO1)C(C)(OCCC)OCCC. The Hall–Kier alpha value is -0.120. The summed E-state index contributed by atoms with van der Waals surface area (Å²) < 4.78 is 17.9. The summed E-state index contributed by atoms with van der Waals surface area (Å²) in [6.45, 7) is 11.4. The topological polar surface area (TPSA) is 31.0 Å². The molecule has 1 saturated heterocycles. The third kappa shape index (κ3) is 10.9. The van der Waals surface area contributed by atoms with Crippen molar-refractivity contribution in [2.24, 2.45) is 5.92 Å². The molecule has 26 heavy (non-hydrogen) atoms. The van der Waals surface area contributed by atoms with E-state index in [-0.39, 0.29) is 0 Å². The lowest BCUT2D eigenvalue weighted by Gasteiger charge is -2.38. The molecule has 0 aliphatic carbocycles. The summed E-state index contributed by atoms with van der Waals surface area (Å²) in [6, 6.07) is 0. The monoisotopic (exact) mass is 370 g/mol. The number of rotatable bonds is 19. The van der Waals surface area contributed by atoms with Crippen LogP contribution in [0.25, 0.3) is 0 Å². The second-order valence-corrected chi connectivity index (χ2v) is 8.21. The maximum Gasteiger partial charge on any atom is 0.168 e. The second kappa shape index (κ2) is 14.9. The minimum Gasteiger partial charge on any atom is -0.373 e. The van der Waals surface area contributed by atoms with Crippen LogP contribution in [0.5, 0.6) is 0 Å².